The van der Waals surface area contributed by atoms with Gasteiger partial charge in [-0.3, -0.25) is 14.4 Å². The number of imide groups is 1. The number of rotatable bonds is 10. The minimum atomic E-state index is -0.449. The Labute approximate surface area is 205 Å². The number of ether oxygens (including phenoxy) is 1. The van der Waals surface area contributed by atoms with Crippen molar-refractivity contribution in [2.24, 2.45) is 5.10 Å². The summed E-state index contributed by atoms with van der Waals surface area (Å²) in [6.45, 7) is 1.98. The van der Waals surface area contributed by atoms with Gasteiger partial charge in [0.15, 0.2) is 0 Å². The molecule has 0 spiro atoms. The summed E-state index contributed by atoms with van der Waals surface area (Å²) >= 11 is 0. The molecule has 0 atom stereocenters. The smallest absolute Gasteiger partial charge is 0.254 e. The van der Waals surface area contributed by atoms with Gasteiger partial charge in [0.25, 0.3) is 11.8 Å². The molecule has 3 aromatic rings. The number of benzene rings is 3. The third-order valence-electron chi connectivity index (χ3n) is 5.20. The second-order valence-corrected chi connectivity index (χ2v) is 8.06. The van der Waals surface area contributed by atoms with Crippen molar-refractivity contribution in [2.45, 2.75) is 32.7 Å². The summed E-state index contributed by atoms with van der Waals surface area (Å²) in [5, 5.41) is 7.98. The molecule has 0 heterocycles. The molecular weight excluding hydrogens is 442 g/mol. The fourth-order valence-electron chi connectivity index (χ4n) is 3.39. The Hall–Kier alpha value is -4.26. The van der Waals surface area contributed by atoms with Crippen LogP contribution in [0.3, 0.4) is 0 Å². The second-order valence-electron chi connectivity index (χ2n) is 8.06. The molecule has 0 saturated heterocycles. The summed E-state index contributed by atoms with van der Waals surface area (Å²) in [6.07, 6.45) is 0.0213. The molecule has 7 heteroatoms. The van der Waals surface area contributed by atoms with E-state index >= 15 is 0 Å². The van der Waals surface area contributed by atoms with E-state index in [0.717, 1.165) is 27.4 Å². The summed E-state index contributed by atoms with van der Waals surface area (Å²) in [5.74, 6) is -0.415. The van der Waals surface area contributed by atoms with Gasteiger partial charge in [0.1, 0.15) is 5.75 Å². The SMILES string of the molecule is COc1ccc(CNC(=O)C/C(C)=N/N(C(=O)Cc2ccccc2)C(=O)Cc2ccccc2)cc1. The van der Waals surface area contributed by atoms with Crippen LogP contribution in [0.15, 0.2) is 90.0 Å². The monoisotopic (exact) mass is 471 g/mol. The van der Waals surface area contributed by atoms with Gasteiger partial charge in [0.05, 0.1) is 26.4 Å². The highest BCUT2D eigenvalue weighted by molar-refractivity contribution is 6.02. The molecular formula is C28H29N3O4. The van der Waals surface area contributed by atoms with Crippen LogP contribution in [0.1, 0.15) is 30.0 Å². The van der Waals surface area contributed by atoms with Crippen LogP contribution in [-0.4, -0.2) is 35.6 Å². The van der Waals surface area contributed by atoms with E-state index in [4.69, 9.17) is 4.74 Å². The maximum Gasteiger partial charge on any atom is 0.254 e. The van der Waals surface area contributed by atoms with Crippen molar-refractivity contribution in [3.63, 3.8) is 0 Å². The molecule has 0 bridgehead atoms. The Kier molecular flexibility index (Phi) is 9.31. The number of carbonyl (C=O) groups is 3. The van der Waals surface area contributed by atoms with Crippen LogP contribution < -0.4 is 10.1 Å². The molecule has 3 aromatic carbocycles. The van der Waals surface area contributed by atoms with Crippen molar-refractivity contribution in [3.8, 4) is 5.75 Å². The van der Waals surface area contributed by atoms with E-state index in [9.17, 15) is 14.4 Å². The Morgan fingerprint density at radius 1 is 0.771 bits per heavy atom. The minimum Gasteiger partial charge on any atom is -0.497 e. The van der Waals surface area contributed by atoms with Crippen LogP contribution in [0, 0.1) is 0 Å². The normalized spacial score (nSPS) is 11.0. The van der Waals surface area contributed by atoms with Crippen LogP contribution in [0.4, 0.5) is 0 Å². The van der Waals surface area contributed by atoms with E-state index in [2.05, 4.69) is 10.4 Å². The molecule has 0 saturated carbocycles. The molecule has 180 valence electrons. The van der Waals surface area contributed by atoms with Gasteiger partial charge in [-0.05, 0) is 35.7 Å². The average molecular weight is 472 g/mol. The molecule has 0 aromatic heterocycles. The number of nitrogens with zero attached hydrogens (tertiary/aromatic N) is 2. The van der Waals surface area contributed by atoms with Crippen molar-refractivity contribution in [1.29, 1.82) is 0 Å². The number of hydrazone groups is 1. The largest absolute Gasteiger partial charge is 0.497 e. The number of amides is 3. The molecule has 0 aliphatic heterocycles. The fourth-order valence-corrected chi connectivity index (χ4v) is 3.39. The topological polar surface area (TPSA) is 88.1 Å². The molecule has 0 aliphatic rings. The zero-order chi connectivity index (χ0) is 25.0. The van der Waals surface area contributed by atoms with E-state index in [-0.39, 0.29) is 25.2 Å². The molecule has 7 nitrogen and oxygen atoms in total. The first-order valence-electron chi connectivity index (χ1n) is 11.3. The summed E-state index contributed by atoms with van der Waals surface area (Å²) in [5.41, 5.74) is 2.84. The first-order valence-corrected chi connectivity index (χ1v) is 11.3. The Morgan fingerprint density at radius 2 is 1.29 bits per heavy atom. The highest BCUT2D eigenvalue weighted by atomic mass is 16.5. The zero-order valence-corrected chi connectivity index (χ0v) is 19.9. The van der Waals surface area contributed by atoms with Gasteiger partial charge in [-0.15, -0.1) is 0 Å². The van der Waals surface area contributed by atoms with Gasteiger partial charge in [0.2, 0.25) is 5.91 Å². The maximum absolute atomic E-state index is 13.0. The number of nitrogens with one attached hydrogen (secondary N) is 1. The molecule has 0 radical (unpaired) electrons. The van der Waals surface area contributed by atoms with E-state index in [1.165, 1.54) is 0 Å². The summed E-state index contributed by atoms with van der Waals surface area (Å²) in [4.78, 5) is 38.5. The molecule has 0 aliphatic carbocycles. The lowest BCUT2D eigenvalue weighted by Gasteiger charge is -2.17. The lowest BCUT2D eigenvalue weighted by molar-refractivity contribution is -0.144. The first-order chi connectivity index (χ1) is 16.9. The third kappa shape index (κ3) is 8.23. The summed E-state index contributed by atoms with van der Waals surface area (Å²) < 4.78 is 5.14. The van der Waals surface area contributed by atoms with Gasteiger partial charge >= 0.3 is 0 Å². The van der Waals surface area contributed by atoms with Crippen LogP contribution in [-0.2, 0) is 33.8 Å². The lowest BCUT2D eigenvalue weighted by atomic mass is 10.1. The number of hydrogen-bond donors (Lipinski definition) is 1. The van der Waals surface area contributed by atoms with Crippen molar-refractivity contribution < 1.29 is 19.1 Å². The van der Waals surface area contributed by atoms with Crippen molar-refractivity contribution >= 4 is 23.4 Å². The zero-order valence-electron chi connectivity index (χ0n) is 19.9. The highest BCUT2D eigenvalue weighted by Crippen LogP contribution is 2.11. The standard InChI is InChI=1S/C28H29N3O4/c1-21(17-26(32)29-20-24-13-15-25(35-2)16-14-24)30-31(27(33)18-22-9-5-3-6-10-22)28(34)19-23-11-7-4-8-12-23/h3-16H,17-20H2,1-2H3,(H,29,32)/b30-21+. The van der Waals surface area contributed by atoms with Crippen LogP contribution >= 0.6 is 0 Å². The Balaban J connectivity index is 1.67. The van der Waals surface area contributed by atoms with E-state index in [0.29, 0.717) is 12.3 Å². The number of carbonyl (C=O) groups excluding carboxylic acids is 3. The van der Waals surface area contributed by atoms with Crippen molar-refractivity contribution in [3.05, 3.63) is 102 Å². The summed E-state index contributed by atoms with van der Waals surface area (Å²) in [7, 11) is 1.59. The van der Waals surface area contributed by atoms with E-state index in [1.807, 2.05) is 84.9 Å². The minimum absolute atomic E-state index is 0.0296. The molecule has 3 rings (SSSR count). The maximum atomic E-state index is 13.0. The van der Waals surface area contributed by atoms with Crippen molar-refractivity contribution in [2.75, 3.05) is 7.11 Å². The predicted octanol–water partition coefficient (Wildman–Crippen LogP) is 3.92. The average Bonchev–Trinajstić information content (AvgIpc) is 2.87. The fraction of sp³-hybridized carbons (Fsp3) is 0.214. The third-order valence-corrected chi connectivity index (χ3v) is 5.20. The Morgan fingerprint density at radius 3 is 1.77 bits per heavy atom. The van der Waals surface area contributed by atoms with Gasteiger partial charge < -0.3 is 10.1 Å². The first kappa shape index (κ1) is 25.4. The lowest BCUT2D eigenvalue weighted by Crippen LogP contribution is -2.36. The second kappa shape index (κ2) is 12.8. The van der Waals surface area contributed by atoms with Gasteiger partial charge in [0, 0.05) is 12.3 Å². The molecule has 35 heavy (non-hydrogen) atoms. The van der Waals surface area contributed by atoms with Crippen LogP contribution in [0.2, 0.25) is 0 Å². The van der Waals surface area contributed by atoms with Crippen LogP contribution in [0.5, 0.6) is 5.75 Å². The number of methoxy groups -OCH3 is 1. The van der Waals surface area contributed by atoms with Crippen LogP contribution in [0.25, 0.3) is 0 Å². The number of hydrogen-bond acceptors (Lipinski definition) is 5. The highest BCUT2D eigenvalue weighted by Gasteiger charge is 2.22. The quantitative estimate of drug-likeness (QED) is 0.359. The van der Waals surface area contributed by atoms with E-state index < -0.39 is 11.8 Å². The molecule has 3 amide bonds. The summed E-state index contributed by atoms with van der Waals surface area (Å²) in [6, 6.07) is 25.7. The predicted molar refractivity (Wildman–Crippen MR) is 135 cm³/mol. The van der Waals surface area contributed by atoms with Gasteiger partial charge in [-0.1, -0.05) is 72.8 Å². The Bertz CT molecular complexity index is 1110. The molecule has 0 unspecified atom stereocenters. The van der Waals surface area contributed by atoms with Gasteiger partial charge in [-0.2, -0.15) is 10.1 Å². The van der Waals surface area contributed by atoms with Crippen molar-refractivity contribution in [1.82, 2.24) is 10.3 Å². The van der Waals surface area contributed by atoms with E-state index in [1.54, 1.807) is 14.0 Å². The molecule has 1 N–H and O–H groups in total. The molecule has 0 fully saturated rings. The van der Waals surface area contributed by atoms with Gasteiger partial charge in [-0.25, -0.2) is 0 Å².